The molecule has 1 saturated carbocycles. The van der Waals surface area contributed by atoms with E-state index < -0.39 is 0 Å². The minimum Gasteiger partial charge on any atom is -0.379 e. The first kappa shape index (κ1) is 25.6. The van der Waals surface area contributed by atoms with Gasteiger partial charge in [0.15, 0.2) is 11.8 Å². The van der Waals surface area contributed by atoms with E-state index in [0.717, 1.165) is 76.4 Å². The Hall–Kier alpha value is -0.980. The van der Waals surface area contributed by atoms with Gasteiger partial charge in [-0.05, 0) is 32.6 Å². The van der Waals surface area contributed by atoms with Gasteiger partial charge in [0, 0.05) is 45.4 Å². The molecule has 0 spiro atoms. The number of aliphatic imine (C=N–C) groups is 1. The summed E-state index contributed by atoms with van der Waals surface area (Å²) >= 11 is 0. The molecule has 0 radical (unpaired) electrons. The maximum absolute atomic E-state index is 5.80. The molecule has 4 rings (SSSR count). The summed E-state index contributed by atoms with van der Waals surface area (Å²) in [5.74, 6) is 2.62. The Bertz CT molecular complexity index is 724. The Morgan fingerprint density at radius 1 is 1.09 bits per heavy atom. The predicted octanol–water partition coefficient (Wildman–Crippen LogP) is 1.99. The van der Waals surface area contributed by atoms with Crippen molar-refractivity contribution in [3.05, 3.63) is 11.6 Å². The van der Waals surface area contributed by atoms with E-state index in [1.54, 1.807) is 0 Å². The van der Waals surface area contributed by atoms with E-state index in [1.807, 2.05) is 18.5 Å². The van der Waals surface area contributed by atoms with Crippen LogP contribution in [0.4, 0.5) is 0 Å². The maximum atomic E-state index is 5.80. The highest BCUT2D eigenvalue weighted by molar-refractivity contribution is 14.0. The van der Waals surface area contributed by atoms with E-state index in [0.29, 0.717) is 6.54 Å². The van der Waals surface area contributed by atoms with Gasteiger partial charge in [-0.25, -0.2) is 4.99 Å². The van der Waals surface area contributed by atoms with Gasteiger partial charge in [0.2, 0.25) is 0 Å². The predicted molar refractivity (Wildman–Crippen MR) is 135 cm³/mol. The van der Waals surface area contributed by atoms with E-state index in [1.165, 1.54) is 32.1 Å². The van der Waals surface area contributed by atoms with Crippen molar-refractivity contribution in [1.29, 1.82) is 0 Å². The lowest BCUT2D eigenvalue weighted by atomic mass is 9.80. The molecule has 3 fully saturated rings. The summed E-state index contributed by atoms with van der Waals surface area (Å²) < 4.78 is 13.4. The van der Waals surface area contributed by atoms with Gasteiger partial charge in [-0.15, -0.1) is 34.2 Å². The molecule has 0 bridgehead atoms. The second-order valence-electron chi connectivity index (χ2n) is 9.14. The summed E-state index contributed by atoms with van der Waals surface area (Å²) in [7, 11) is 1.99. The smallest absolute Gasteiger partial charge is 0.191 e. The SMILES string of the molecule is Cc1nnc(CN=C(NCC2CCCO2)NCC2(N3CCOCC3)CCCCC2)n1C.I. The minimum atomic E-state index is 0. The van der Waals surface area contributed by atoms with E-state index in [9.17, 15) is 0 Å². The van der Waals surface area contributed by atoms with Crippen LogP contribution in [0.5, 0.6) is 0 Å². The number of morpholine rings is 1. The third-order valence-corrected chi connectivity index (χ3v) is 7.13. The minimum absolute atomic E-state index is 0. The molecular formula is C22H40IN7O2. The molecule has 0 aromatic carbocycles. The van der Waals surface area contributed by atoms with Crippen LogP contribution in [0, 0.1) is 6.92 Å². The van der Waals surface area contributed by atoms with Crippen molar-refractivity contribution in [3.63, 3.8) is 0 Å². The Balaban J connectivity index is 0.00000289. The molecular weight excluding hydrogens is 521 g/mol. The number of rotatable bonds is 7. The summed E-state index contributed by atoms with van der Waals surface area (Å²) in [4.78, 5) is 7.52. The zero-order valence-electron chi connectivity index (χ0n) is 19.6. The van der Waals surface area contributed by atoms with Crippen LogP contribution >= 0.6 is 24.0 Å². The van der Waals surface area contributed by atoms with E-state index >= 15 is 0 Å². The average molecular weight is 562 g/mol. The van der Waals surface area contributed by atoms with Gasteiger partial charge in [0.25, 0.3) is 0 Å². The van der Waals surface area contributed by atoms with Crippen LogP contribution in [-0.4, -0.2) is 83.3 Å². The van der Waals surface area contributed by atoms with Crippen LogP contribution in [0.25, 0.3) is 0 Å². The highest BCUT2D eigenvalue weighted by Gasteiger charge is 2.38. The van der Waals surface area contributed by atoms with E-state index in [-0.39, 0.29) is 35.6 Å². The number of guanidine groups is 1. The zero-order chi connectivity index (χ0) is 21.5. The van der Waals surface area contributed by atoms with Gasteiger partial charge in [-0.2, -0.15) is 0 Å². The summed E-state index contributed by atoms with van der Waals surface area (Å²) in [5, 5.41) is 15.6. The van der Waals surface area contributed by atoms with Crippen molar-refractivity contribution in [1.82, 2.24) is 30.3 Å². The van der Waals surface area contributed by atoms with Crippen molar-refractivity contribution in [2.45, 2.75) is 70.1 Å². The molecule has 2 saturated heterocycles. The summed E-state index contributed by atoms with van der Waals surface area (Å²) in [6.45, 7) is 8.75. The zero-order valence-corrected chi connectivity index (χ0v) is 22.0. The lowest BCUT2D eigenvalue weighted by molar-refractivity contribution is -0.0353. The third kappa shape index (κ3) is 6.54. The normalized spacial score (nSPS) is 24.2. The standard InChI is InChI=1S/C22H39N7O2.HI/c1-18-26-27-20(28(18)2)16-24-21(23-15-19-7-6-12-31-19)25-17-22(8-4-3-5-9-22)29-10-13-30-14-11-29;/h19H,3-17H2,1-2H3,(H2,23,24,25);1H. The highest BCUT2D eigenvalue weighted by Crippen LogP contribution is 2.33. The lowest BCUT2D eigenvalue weighted by Gasteiger charge is -2.48. The van der Waals surface area contributed by atoms with Crippen molar-refractivity contribution in [2.24, 2.45) is 12.0 Å². The van der Waals surface area contributed by atoms with Crippen LogP contribution in [-0.2, 0) is 23.1 Å². The molecule has 3 aliphatic rings. The fourth-order valence-corrected chi connectivity index (χ4v) is 5.03. The number of aryl methyl sites for hydroxylation is 1. The van der Waals surface area contributed by atoms with Crippen molar-refractivity contribution >= 4 is 29.9 Å². The molecule has 1 unspecified atom stereocenters. The fraction of sp³-hybridized carbons (Fsp3) is 0.864. The Kier molecular flexibility index (Phi) is 9.99. The first-order valence-electron chi connectivity index (χ1n) is 12.0. The highest BCUT2D eigenvalue weighted by atomic mass is 127. The first-order chi connectivity index (χ1) is 15.2. The van der Waals surface area contributed by atoms with Crippen LogP contribution < -0.4 is 10.6 Å². The Morgan fingerprint density at radius 2 is 1.88 bits per heavy atom. The molecule has 0 amide bonds. The molecule has 182 valence electrons. The number of aromatic nitrogens is 3. The van der Waals surface area contributed by atoms with Crippen LogP contribution in [0.2, 0.25) is 0 Å². The number of hydrogen-bond donors (Lipinski definition) is 2. The Labute approximate surface area is 209 Å². The quantitative estimate of drug-likeness (QED) is 0.299. The second-order valence-corrected chi connectivity index (χ2v) is 9.14. The fourth-order valence-electron chi connectivity index (χ4n) is 5.03. The van der Waals surface area contributed by atoms with Crippen molar-refractivity contribution in [3.8, 4) is 0 Å². The van der Waals surface area contributed by atoms with E-state index in [2.05, 4.69) is 25.7 Å². The van der Waals surface area contributed by atoms with Gasteiger partial charge in [0.1, 0.15) is 12.4 Å². The molecule has 9 nitrogen and oxygen atoms in total. The summed E-state index contributed by atoms with van der Waals surface area (Å²) in [6, 6.07) is 0. The first-order valence-corrected chi connectivity index (χ1v) is 12.0. The summed E-state index contributed by atoms with van der Waals surface area (Å²) in [5.41, 5.74) is 0.190. The largest absolute Gasteiger partial charge is 0.379 e. The molecule has 2 N–H and O–H groups in total. The van der Waals surface area contributed by atoms with Crippen LogP contribution in [0.1, 0.15) is 56.6 Å². The number of halogens is 1. The summed E-state index contributed by atoms with van der Waals surface area (Å²) in [6.07, 6.45) is 8.94. The average Bonchev–Trinajstić information content (AvgIpc) is 3.45. The second kappa shape index (κ2) is 12.5. The lowest BCUT2D eigenvalue weighted by Crippen LogP contribution is -2.60. The topological polar surface area (TPSA) is 88.8 Å². The molecule has 32 heavy (non-hydrogen) atoms. The van der Waals surface area contributed by atoms with Gasteiger partial charge in [-0.3, -0.25) is 4.90 Å². The molecule has 1 aromatic rings. The molecule has 1 atom stereocenters. The number of nitrogens with one attached hydrogen (secondary N) is 2. The monoisotopic (exact) mass is 561 g/mol. The number of hydrogen-bond acceptors (Lipinski definition) is 6. The number of nitrogens with zero attached hydrogens (tertiary/aromatic N) is 5. The van der Waals surface area contributed by atoms with Crippen LogP contribution in [0.3, 0.4) is 0 Å². The van der Waals surface area contributed by atoms with E-state index in [4.69, 9.17) is 14.5 Å². The third-order valence-electron chi connectivity index (χ3n) is 7.13. The molecule has 1 aromatic heterocycles. The number of ether oxygens (including phenoxy) is 2. The van der Waals surface area contributed by atoms with Gasteiger partial charge in [-0.1, -0.05) is 19.3 Å². The molecule has 1 aliphatic carbocycles. The molecule has 10 heteroatoms. The molecule has 2 aliphatic heterocycles. The maximum Gasteiger partial charge on any atom is 0.191 e. The van der Waals surface area contributed by atoms with Crippen LogP contribution in [0.15, 0.2) is 4.99 Å². The van der Waals surface area contributed by atoms with Crippen molar-refractivity contribution in [2.75, 3.05) is 46.0 Å². The van der Waals surface area contributed by atoms with Gasteiger partial charge in [0.05, 0.1) is 19.3 Å². The van der Waals surface area contributed by atoms with Gasteiger partial charge >= 0.3 is 0 Å². The molecule has 3 heterocycles. The van der Waals surface area contributed by atoms with Gasteiger partial charge < -0.3 is 24.7 Å². The van der Waals surface area contributed by atoms with Crippen molar-refractivity contribution < 1.29 is 9.47 Å². The Morgan fingerprint density at radius 3 is 2.53 bits per heavy atom.